The van der Waals surface area contributed by atoms with Crippen molar-refractivity contribution in [1.29, 1.82) is 0 Å². The van der Waals surface area contributed by atoms with E-state index in [1.165, 1.54) is 0 Å². The van der Waals surface area contributed by atoms with Crippen LogP contribution in [0, 0.1) is 18.2 Å². The second-order valence-corrected chi connectivity index (χ2v) is 5.73. The molecule has 0 atom stereocenters. The van der Waals surface area contributed by atoms with Crippen molar-refractivity contribution in [1.82, 2.24) is 0 Å². The van der Waals surface area contributed by atoms with E-state index in [-0.39, 0.29) is 17.2 Å². The Morgan fingerprint density at radius 2 is 2.05 bits per heavy atom. The second kappa shape index (κ2) is 6.69. The lowest BCUT2D eigenvalue weighted by Crippen LogP contribution is -2.19. The summed E-state index contributed by atoms with van der Waals surface area (Å²) in [5.74, 6) is -0.330. The van der Waals surface area contributed by atoms with Gasteiger partial charge in [-0.2, -0.15) is 0 Å². The Balaban J connectivity index is 2.54. The maximum Gasteiger partial charge on any atom is 0.306 e. The zero-order valence-electron chi connectivity index (χ0n) is 12.3. The van der Waals surface area contributed by atoms with Crippen LogP contribution in [-0.2, 0) is 16.0 Å². The number of carbonyl (C=O) groups excluding carboxylic acids is 1. The highest BCUT2D eigenvalue weighted by Gasteiger charge is 2.22. The van der Waals surface area contributed by atoms with Gasteiger partial charge in [-0.1, -0.05) is 26.0 Å². The molecule has 0 unspecified atom stereocenters. The van der Waals surface area contributed by atoms with Crippen LogP contribution in [0.15, 0.2) is 18.2 Å². The highest BCUT2D eigenvalue weighted by Crippen LogP contribution is 2.27. The molecule has 1 aromatic carbocycles. The number of aryl methyl sites for hydroxylation is 2. The molecular formula is C16H23FO2. The topological polar surface area (TPSA) is 26.3 Å². The molecule has 0 saturated heterocycles. The SMILES string of the molecule is CCOC(=O)CC(C)(C)CCc1ccc(C)c(F)c1. The molecule has 0 aromatic heterocycles. The number of rotatable bonds is 6. The summed E-state index contributed by atoms with van der Waals surface area (Å²) in [7, 11) is 0. The van der Waals surface area contributed by atoms with Gasteiger partial charge >= 0.3 is 5.97 Å². The molecule has 2 nitrogen and oxygen atoms in total. The van der Waals surface area contributed by atoms with Crippen LogP contribution in [-0.4, -0.2) is 12.6 Å². The number of hydrogen-bond acceptors (Lipinski definition) is 2. The van der Waals surface area contributed by atoms with Crippen LogP contribution in [0.2, 0.25) is 0 Å². The van der Waals surface area contributed by atoms with E-state index in [0.717, 1.165) is 18.4 Å². The minimum absolute atomic E-state index is 0.131. The Bertz CT molecular complexity index is 438. The molecule has 0 fully saturated rings. The number of benzene rings is 1. The van der Waals surface area contributed by atoms with Gasteiger partial charge in [0.05, 0.1) is 13.0 Å². The normalized spacial score (nSPS) is 11.4. The van der Waals surface area contributed by atoms with Gasteiger partial charge in [0, 0.05) is 0 Å². The summed E-state index contributed by atoms with van der Waals surface area (Å²) in [6.45, 7) is 8.05. The first-order valence-electron chi connectivity index (χ1n) is 6.75. The van der Waals surface area contributed by atoms with Crippen molar-refractivity contribution in [3.8, 4) is 0 Å². The maximum atomic E-state index is 13.4. The second-order valence-electron chi connectivity index (χ2n) is 5.73. The van der Waals surface area contributed by atoms with E-state index in [4.69, 9.17) is 4.74 Å². The number of hydrogen-bond donors (Lipinski definition) is 0. The third-order valence-electron chi connectivity index (χ3n) is 3.25. The fraction of sp³-hybridized carbons (Fsp3) is 0.562. The van der Waals surface area contributed by atoms with E-state index in [1.54, 1.807) is 26.0 Å². The lowest BCUT2D eigenvalue weighted by atomic mass is 9.83. The van der Waals surface area contributed by atoms with Gasteiger partial charge in [-0.15, -0.1) is 0 Å². The Morgan fingerprint density at radius 3 is 2.63 bits per heavy atom. The smallest absolute Gasteiger partial charge is 0.306 e. The molecule has 0 aliphatic heterocycles. The molecule has 0 radical (unpaired) electrons. The highest BCUT2D eigenvalue weighted by molar-refractivity contribution is 5.70. The fourth-order valence-corrected chi connectivity index (χ4v) is 1.97. The molecule has 0 bridgehead atoms. The highest BCUT2D eigenvalue weighted by atomic mass is 19.1. The minimum atomic E-state index is -0.166. The summed E-state index contributed by atoms with van der Waals surface area (Å²) in [6, 6.07) is 5.32. The molecule has 0 heterocycles. The van der Waals surface area contributed by atoms with E-state index < -0.39 is 0 Å². The van der Waals surface area contributed by atoms with Crippen molar-refractivity contribution < 1.29 is 13.9 Å². The van der Waals surface area contributed by atoms with Crippen LogP contribution in [0.3, 0.4) is 0 Å². The quantitative estimate of drug-likeness (QED) is 0.726. The first-order valence-corrected chi connectivity index (χ1v) is 6.75. The van der Waals surface area contributed by atoms with Crippen molar-refractivity contribution in [2.75, 3.05) is 6.61 Å². The van der Waals surface area contributed by atoms with Crippen molar-refractivity contribution in [3.63, 3.8) is 0 Å². The van der Waals surface area contributed by atoms with Crippen molar-refractivity contribution >= 4 is 5.97 Å². The predicted octanol–water partition coefficient (Wildman–Crippen LogP) is 4.05. The number of halogens is 1. The molecule has 0 aliphatic carbocycles. The fourth-order valence-electron chi connectivity index (χ4n) is 1.97. The number of esters is 1. The third-order valence-corrected chi connectivity index (χ3v) is 3.25. The Labute approximate surface area is 115 Å². The number of carbonyl (C=O) groups is 1. The van der Waals surface area contributed by atoms with Gasteiger partial charge in [0.1, 0.15) is 5.82 Å². The first kappa shape index (κ1) is 15.7. The van der Waals surface area contributed by atoms with Gasteiger partial charge in [-0.3, -0.25) is 4.79 Å². The van der Waals surface area contributed by atoms with Crippen LogP contribution >= 0.6 is 0 Å². The van der Waals surface area contributed by atoms with Crippen LogP contribution in [0.4, 0.5) is 4.39 Å². The molecular weight excluding hydrogens is 243 g/mol. The predicted molar refractivity (Wildman–Crippen MR) is 74.5 cm³/mol. The summed E-state index contributed by atoms with van der Waals surface area (Å²) < 4.78 is 18.4. The lowest BCUT2D eigenvalue weighted by molar-refractivity contribution is -0.145. The van der Waals surface area contributed by atoms with Crippen molar-refractivity contribution in [2.24, 2.45) is 5.41 Å². The van der Waals surface area contributed by atoms with E-state index in [2.05, 4.69) is 0 Å². The maximum absolute atomic E-state index is 13.4. The van der Waals surface area contributed by atoms with E-state index >= 15 is 0 Å². The standard InChI is InChI=1S/C16H23FO2/c1-5-19-15(18)11-16(3,4)9-8-13-7-6-12(2)14(17)10-13/h6-7,10H,5,8-9,11H2,1-4H3. The summed E-state index contributed by atoms with van der Waals surface area (Å²) in [5, 5.41) is 0. The monoisotopic (exact) mass is 266 g/mol. The van der Waals surface area contributed by atoms with Gasteiger partial charge < -0.3 is 4.74 Å². The summed E-state index contributed by atoms with van der Waals surface area (Å²) >= 11 is 0. The van der Waals surface area contributed by atoms with Gasteiger partial charge in [0.25, 0.3) is 0 Å². The van der Waals surface area contributed by atoms with Gasteiger partial charge in [-0.25, -0.2) is 4.39 Å². The van der Waals surface area contributed by atoms with Crippen LogP contribution in [0.5, 0.6) is 0 Å². The molecule has 3 heteroatoms. The molecule has 106 valence electrons. The summed E-state index contributed by atoms with van der Waals surface area (Å²) in [5.41, 5.74) is 1.50. The van der Waals surface area contributed by atoms with Crippen molar-refractivity contribution in [2.45, 2.75) is 47.0 Å². The molecule has 0 aliphatic rings. The molecule has 0 spiro atoms. The first-order chi connectivity index (χ1) is 8.84. The van der Waals surface area contributed by atoms with Crippen LogP contribution in [0.1, 0.15) is 44.7 Å². The van der Waals surface area contributed by atoms with Crippen LogP contribution < -0.4 is 0 Å². The zero-order valence-corrected chi connectivity index (χ0v) is 12.3. The lowest BCUT2D eigenvalue weighted by Gasteiger charge is -2.23. The van der Waals surface area contributed by atoms with Gasteiger partial charge in [-0.05, 0) is 49.3 Å². The Kier molecular flexibility index (Phi) is 5.52. The number of ether oxygens (including phenoxy) is 1. The van der Waals surface area contributed by atoms with E-state index in [0.29, 0.717) is 18.6 Å². The third kappa shape index (κ3) is 5.41. The van der Waals surface area contributed by atoms with Gasteiger partial charge in [0.15, 0.2) is 0 Å². The Morgan fingerprint density at radius 1 is 1.37 bits per heavy atom. The average molecular weight is 266 g/mol. The van der Waals surface area contributed by atoms with Gasteiger partial charge in [0.2, 0.25) is 0 Å². The largest absolute Gasteiger partial charge is 0.466 e. The average Bonchev–Trinajstić information content (AvgIpc) is 2.30. The Hall–Kier alpha value is -1.38. The molecule has 19 heavy (non-hydrogen) atoms. The molecule has 1 aromatic rings. The van der Waals surface area contributed by atoms with Crippen molar-refractivity contribution in [3.05, 3.63) is 35.1 Å². The molecule has 0 amide bonds. The summed E-state index contributed by atoms with van der Waals surface area (Å²) in [4.78, 5) is 11.5. The zero-order chi connectivity index (χ0) is 14.5. The van der Waals surface area contributed by atoms with E-state index in [9.17, 15) is 9.18 Å². The summed E-state index contributed by atoms with van der Waals surface area (Å²) in [6.07, 6.45) is 1.99. The van der Waals surface area contributed by atoms with E-state index in [1.807, 2.05) is 19.9 Å². The molecule has 0 N–H and O–H groups in total. The minimum Gasteiger partial charge on any atom is -0.466 e. The van der Waals surface area contributed by atoms with Crippen LogP contribution in [0.25, 0.3) is 0 Å². The molecule has 1 rings (SSSR count). The molecule has 0 saturated carbocycles.